The standard InChI is InChI=1S/C29H15F5N4O/c30-23-12-11-16(15-24(23)31)25-19-8-1-2-9-20(19)28(39)38(37-25)27-21(14-17-6-5-13-35-26(17)36-27)18-7-3-4-10-22(18)29(32,33)34/h1-15H. The van der Waals surface area contributed by atoms with E-state index >= 15 is 0 Å². The van der Waals surface area contributed by atoms with Crippen molar-refractivity contribution in [1.82, 2.24) is 19.7 Å². The molecule has 3 heterocycles. The smallest absolute Gasteiger partial charge is 0.267 e. The molecule has 0 saturated carbocycles. The molecule has 0 fully saturated rings. The van der Waals surface area contributed by atoms with Gasteiger partial charge in [-0.15, -0.1) is 0 Å². The lowest BCUT2D eigenvalue weighted by atomic mass is 9.98. The molecular formula is C29H15F5N4O. The van der Waals surface area contributed by atoms with Crippen molar-refractivity contribution in [3.63, 3.8) is 0 Å². The minimum absolute atomic E-state index is 0.00968. The summed E-state index contributed by atoms with van der Waals surface area (Å²) in [6, 6.07) is 19.2. The monoisotopic (exact) mass is 530 g/mol. The fraction of sp³-hybridized carbons (Fsp3) is 0.0345. The van der Waals surface area contributed by atoms with Crippen LogP contribution in [0.2, 0.25) is 0 Å². The molecule has 3 aromatic heterocycles. The molecule has 0 radical (unpaired) electrons. The van der Waals surface area contributed by atoms with Gasteiger partial charge in [-0.05, 0) is 54.1 Å². The van der Waals surface area contributed by atoms with Crippen LogP contribution in [-0.4, -0.2) is 19.7 Å². The molecule has 10 heteroatoms. The lowest BCUT2D eigenvalue weighted by Crippen LogP contribution is -2.24. The largest absolute Gasteiger partial charge is 0.417 e. The molecule has 39 heavy (non-hydrogen) atoms. The molecule has 0 unspecified atom stereocenters. The number of aromatic nitrogens is 4. The minimum atomic E-state index is -4.70. The number of halogens is 5. The number of hydrogen-bond acceptors (Lipinski definition) is 4. The average molecular weight is 530 g/mol. The summed E-state index contributed by atoms with van der Waals surface area (Å²) in [6.07, 6.45) is -3.23. The molecule has 0 saturated heterocycles. The maximum Gasteiger partial charge on any atom is 0.417 e. The predicted octanol–water partition coefficient (Wildman–Crippen LogP) is 6.96. The maximum absolute atomic E-state index is 14.2. The minimum Gasteiger partial charge on any atom is -0.267 e. The van der Waals surface area contributed by atoms with Gasteiger partial charge in [-0.2, -0.15) is 23.0 Å². The summed E-state index contributed by atoms with van der Waals surface area (Å²) in [5, 5.41) is 5.39. The van der Waals surface area contributed by atoms with Crippen LogP contribution in [0.3, 0.4) is 0 Å². The van der Waals surface area contributed by atoms with Crippen molar-refractivity contribution in [1.29, 1.82) is 0 Å². The summed E-state index contributed by atoms with van der Waals surface area (Å²) >= 11 is 0. The van der Waals surface area contributed by atoms with Gasteiger partial charge >= 0.3 is 6.18 Å². The topological polar surface area (TPSA) is 60.7 Å². The summed E-state index contributed by atoms with van der Waals surface area (Å²) < 4.78 is 70.9. The predicted molar refractivity (Wildman–Crippen MR) is 136 cm³/mol. The Balaban J connectivity index is 1.74. The zero-order valence-electron chi connectivity index (χ0n) is 19.7. The fourth-order valence-electron chi connectivity index (χ4n) is 4.51. The first-order valence-electron chi connectivity index (χ1n) is 11.6. The van der Waals surface area contributed by atoms with Crippen LogP contribution in [0.25, 0.3) is 50.0 Å². The number of fused-ring (bicyclic) bond motifs is 2. The van der Waals surface area contributed by atoms with Gasteiger partial charge in [0.25, 0.3) is 5.56 Å². The van der Waals surface area contributed by atoms with Crippen molar-refractivity contribution in [3.8, 4) is 28.2 Å². The third-order valence-corrected chi connectivity index (χ3v) is 6.29. The molecule has 6 rings (SSSR count). The van der Waals surface area contributed by atoms with E-state index in [0.29, 0.717) is 10.8 Å². The molecule has 5 nitrogen and oxygen atoms in total. The Labute approximate surface area is 216 Å². The molecular weight excluding hydrogens is 515 g/mol. The van der Waals surface area contributed by atoms with E-state index in [1.54, 1.807) is 30.3 Å². The van der Waals surface area contributed by atoms with Gasteiger partial charge in [0.2, 0.25) is 0 Å². The molecule has 0 atom stereocenters. The van der Waals surface area contributed by atoms with E-state index in [1.807, 2.05) is 0 Å². The Hall–Kier alpha value is -4.99. The normalized spacial score (nSPS) is 11.8. The van der Waals surface area contributed by atoms with Crippen molar-refractivity contribution < 1.29 is 22.0 Å². The fourth-order valence-corrected chi connectivity index (χ4v) is 4.51. The number of nitrogens with zero attached hydrogens (tertiary/aromatic N) is 4. The van der Waals surface area contributed by atoms with Gasteiger partial charge in [0.05, 0.1) is 16.6 Å². The van der Waals surface area contributed by atoms with Crippen molar-refractivity contribution in [2.45, 2.75) is 6.18 Å². The Morgan fingerprint density at radius 2 is 1.49 bits per heavy atom. The van der Waals surface area contributed by atoms with Crippen molar-refractivity contribution in [3.05, 3.63) is 119 Å². The second kappa shape index (κ2) is 9.09. The number of alkyl halides is 3. The van der Waals surface area contributed by atoms with Crippen LogP contribution in [0.5, 0.6) is 0 Å². The third kappa shape index (κ3) is 4.19. The second-order valence-corrected chi connectivity index (χ2v) is 8.69. The molecule has 192 valence electrons. The molecule has 0 aliphatic carbocycles. The zero-order chi connectivity index (χ0) is 27.3. The first-order chi connectivity index (χ1) is 18.7. The second-order valence-electron chi connectivity index (χ2n) is 8.69. The van der Waals surface area contributed by atoms with Crippen molar-refractivity contribution >= 4 is 21.8 Å². The molecule has 0 spiro atoms. The zero-order valence-corrected chi connectivity index (χ0v) is 19.7. The first kappa shape index (κ1) is 24.4. The number of pyridine rings is 2. The van der Waals surface area contributed by atoms with Crippen LogP contribution in [0.4, 0.5) is 22.0 Å². The van der Waals surface area contributed by atoms with Gasteiger partial charge in [-0.25, -0.2) is 18.7 Å². The van der Waals surface area contributed by atoms with Crippen molar-refractivity contribution in [2.24, 2.45) is 0 Å². The van der Waals surface area contributed by atoms with Gasteiger partial charge in [-0.3, -0.25) is 4.79 Å². The summed E-state index contributed by atoms with van der Waals surface area (Å²) in [5.74, 6) is -2.38. The van der Waals surface area contributed by atoms with Crippen LogP contribution in [0.1, 0.15) is 5.56 Å². The molecule has 0 aliphatic heterocycles. The maximum atomic E-state index is 14.2. The Bertz CT molecular complexity index is 1970. The van der Waals surface area contributed by atoms with Gasteiger partial charge in [0.1, 0.15) is 0 Å². The van der Waals surface area contributed by atoms with Crippen LogP contribution in [0.15, 0.2) is 95.9 Å². The van der Waals surface area contributed by atoms with E-state index in [9.17, 15) is 26.7 Å². The van der Waals surface area contributed by atoms with E-state index in [0.717, 1.165) is 22.9 Å². The highest BCUT2D eigenvalue weighted by molar-refractivity contribution is 5.94. The van der Waals surface area contributed by atoms with E-state index in [1.165, 1.54) is 42.6 Å². The summed E-state index contributed by atoms with van der Waals surface area (Å²) in [7, 11) is 0. The van der Waals surface area contributed by atoms with E-state index in [2.05, 4.69) is 15.1 Å². The number of hydrogen-bond donors (Lipinski definition) is 0. The average Bonchev–Trinajstić information content (AvgIpc) is 2.94. The van der Waals surface area contributed by atoms with Crippen LogP contribution >= 0.6 is 0 Å². The lowest BCUT2D eigenvalue weighted by molar-refractivity contribution is -0.137. The lowest BCUT2D eigenvalue weighted by Gasteiger charge is -2.17. The van der Waals surface area contributed by atoms with E-state index < -0.39 is 28.9 Å². The highest BCUT2D eigenvalue weighted by Gasteiger charge is 2.34. The molecule has 0 N–H and O–H groups in total. The van der Waals surface area contributed by atoms with Crippen LogP contribution in [-0.2, 0) is 6.18 Å². The number of rotatable bonds is 3. The summed E-state index contributed by atoms with van der Waals surface area (Å²) in [4.78, 5) is 22.4. The van der Waals surface area contributed by atoms with E-state index in [4.69, 9.17) is 0 Å². The van der Waals surface area contributed by atoms with Gasteiger partial charge < -0.3 is 0 Å². The first-order valence-corrected chi connectivity index (χ1v) is 11.6. The molecule has 0 aliphatic rings. The van der Waals surface area contributed by atoms with Gasteiger partial charge in [0.15, 0.2) is 23.1 Å². The van der Waals surface area contributed by atoms with Gasteiger partial charge in [-0.1, -0.05) is 36.4 Å². The quantitative estimate of drug-likeness (QED) is 0.232. The summed E-state index contributed by atoms with van der Waals surface area (Å²) in [5.41, 5.74) is -1.36. The molecule has 0 amide bonds. The van der Waals surface area contributed by atoms with Gasteiger partial charge in [0, 0.05) is 28.1 Å². The Morgan fingerprint density at radius 1 is 0.744 bits per heavy atom. The highest BCUT2D eigenvalue weighted by atomic mass is 19.4. The molecule has 6 aromatic rings. The van der Waals surface area contributed by atoms with Crippen molar-refractivity contribution in [2.75, 3.05) is 0 Å². The Morgan fingerprint density at radius 3 is 2.26 bits per heavy atom. The highest BCUT2D eigenvalue weighted by Crippen LogP contribution is 2.39. The van der Waals surface area contributed by atoms with E-state index in [-0.39, 0.29) is 39.2 Å². The van der Waals surface area contributed by atoms with Crippen LogP contribution in [0, 0.1) is 11.6 Å². The Kier molecular flexibility index (Phi) is 5.67. The summed E-state index contributed by atoms with van der Waals surface area (Å²) in [6.45, 7) is 0. The number of benzene rings is 3. The SMILES string of the molecule is O=c1c2ccccc2c(-c2ccc(F)c(F)c2)nn1-c1nc2ncccc2cc1-c1ccccc1C(F)(F)F. The molecule has 0 bridgehead atoms. The molecule has 3 aromatic carbocycles. The third-order valence-electron chi connectivity index (χ3n) is 6.29. The van der Waals surface area contributed by atoms with Crippen LogP contribution < -0.4 is 5.56 Å².